The van der Waals surface area contributed by atoms with Crippen molar-refractivity contribution in [1.29, 1.82) is 0 Å². The molecule has 0 amide bonds. The maximum atomic E-state index is 10.9. The Balaban J connectivity index is 2.15. The Hall–Kier alpha value is -1.46. The Bertz CT molecular complexity index is 640. The molecule has 1 aromatic carbocycles. The molecule has 0 atom stereocenters. The van der Waals surface area contributed by atoms with E-state index in [9.17, 15) is 4.79 Å². The van der Waals surface area contributed by atoms with Crippen LogP contribution >= 0.6 is 23.4 Å². The topological polar surface area (TPSA) is 55.1 Å². The molecule has 4 nitrogen and oxygen atoms in total. The van der Waals surface area contributed by atoms with Gasteiger partial charge in [-0.2, -0.15) is 5.10 Å². The van der Waals surface area contributed by atoms with Crippen molar-refractivity contribution in [3.8, 4) is 0 Å². The van der Waals surface area contributed by atoms with Crippen LogP contribution in [0.5, 0.6) is 0 Å². The summed E-state index contributed by atoms with van der Waals surface area (Å²) in [6.45, 7) is 2.02. The standard InChI is InChI=1S/C14H15ClN2O2S/c1-3-11-13(15)12(17(2)16-11)8-20-10-6-4-5-9(7-10)14(18)19/h4-7H,3,8H2,1-2H3,(H,18,19). The van der Waals surface area contributed by atoms with Crippen LogP contribution in [0, 0.1) is 0 Å². The number of aromatic carboxylic acids is 1. The van der Waals surface area contributed by atoms with Crippen molar-refractivity contribution < 1.29 is 9.90 Å². The highest BCUT2D eigenvalue weighted by atomic mass is 35.5. The molecule has 0 unspecified atom stereocenters. The third kappa shape index (κ3) is 3.16. The largest absolute Gasteiger partial charge is 0.478 e. The maximum Gasteiger partial charge on any atom is 0.335 e. The van der Waals surface area contributed by atoms with Gasteiger partial charge in [-0.25, -0.2) is 4.79 Å². The van der Waals surface area contributed by atoms with E-state index in [4.69, 9.17) is 16.7 Å². The molecule has 6 heteroatoms. The van der Waals surface area contributed by atoms with Crippen molar-refractivity contribution in [2.45, 2.75) is 24.0 Å². The summed E-state index contributed by atoms with van der Waals surface area (Å²) in [6, 6.07) is 6.88. The summed E-state index contributed by atoms with van der Waals surface area (Å²) >= 11 is 7.84. The SMILES string of the molecule is CCc1nn(C)c(CSc2cccc(C(=O)O)c2)c1Cl. The molecule has 0 fully saturated rings. The number of thioether (sulfide) groups is 1. The molecule has 0 aliphatic heterocycles. The van der Waals surface area contributed by atoms with Gasteiger partial charge in [-0.3, -0.25) is 4.68 Å². The van der Waals surface area contributed by atoms with E-state index in [1.54, 1.807) is 34.6 Å². The fraction of sp³-hybridized carbons (Fsp3) is 0.286. The Kier molecular flexibility index (Phi) is 4.73. The van der Waals surface area contributed by atoms with Crippen LogP contribution in [0.3, 0.4) is 0 Å². The van der Waals surface area contributed by atoms with Gasteiger partial charge in [0.15, 0.2) is 0 Å². The Morgan fingerprint density at radius 1 is 1.50 bits per heavy atom. The van der Waals surface area contributed by atoms with E-state index in [1.165, 1.54) is 0 Å². The highest BCUT2D eigenvalue weighted by Gasteiger charge is 2.13. The first-order valence-electron chi connectivity index (χ1n) is 6.19. The van der Waals surface area contributed by atoms with Gasteiger partial charge in [0.25, 0.3) is 0 Å². The zero-order valence-electron chi connectivity index (χ0n) is 11.3. The maximum absolute atomic E-state index is 10.9. The molecule has 20 heavy (non-hydrogen) atoms. The predicted molar refractivity (Wildman–Crippen MR) is 80.6 cm³/mol. The van der Waals surface area contributed by atoms with E-state index >= 15 is 0 Å². The minimum Gasteiger partial charge on any atom is -0.478 e. The van der Waals surface area contributed by atoms with Crippen molar-refractivity contribution in [2.24, 2.45) is 7.05 Å². The second-order valence-corrected chi connectivity index (χ2v) is 5.73. The number of hydrogen-bond acceptors (Lipinski definition) is 3. The lowest BCUT2D eigenvalue weighted by molar-refractivity contribution is 0.0696. The lowest BCUT2D eigenvalue weighted by Crippen LogP contribution is -1.98. The molecule has 0 radical (unpaired) electrons. The van der Waals surface area contributed by atoms with Gasteiger partial charge in [0.05, 0.1) is 22.0 Å². The highest BCUT2D eigenvalue weighted by Crippen LogP contribution is 2.29. The zero-order chi connectivity index (χ0) is 14.7. The molecule has 106 valence electrons. The molecule has 2 aromatic rings. The van der Waals surface area contributed by atoms with Crippen LogP contribution in [0.15, 0.2) is 29.2 Å². The average Bonchev–Trinajstić information content (AvgIpc) is 2.71. The van der Waals surface area contributed by atoms with Crippen LogP contribution in [-0.2, 0) is 19.2 Å². The number of carboxylic acid groups (broad SMARTS) is 1. The number of halogens is 1. The second-order valence-electron chi connectivity index (χ2n) is 4.31. The van der Waals surface area contributed by atoms with Gasteiger partial charge in [0.2, 0.25) is 0 Å². The lowest BCUT2D eigenvalue weighted by atomic mass is 10.2. The van der Waals surface area contributed by atoms with Crippen LogP contribution in [0.1, 0.15) is 28.7 Å². The van der Waals surface area contributed by atoms with E-state index in [0.717, 1.165) is 22.7 Å². The van der Waals surface area contributed by atoms with Gasteiger partial charge in [0, 0.05) is 17.7 Å². The number of aryl methyl sites for hydroxylation is 2. The number of hydrogen-bond donors (Lipinski definition) is 1. The van der Waals surface area contributed by atoms with E-state index < -0.39 is 5.97 Å². The summed E-state index contributed by atoms with van der Waals surface area (Å²) in [7, 11) is 1.87. The molecule has 0 bridgehead atoms. The third-order valence-electron chi connectivity index (χ3n) is 2.96. The zero-order valence-corrected chi connectivity index (χ0v) is 12.8. The number of aromatic nitrogens is 2. The van der Waals surface area contributed by atoms with E-state index in [-0.39, 0.29) is 0 Å². The van der Waals surface area contributed by atoms with Crippen molar-refractivity contribution in [3.63, 3.8) is 0 Å². The number of rotatable bonds is 5. The number of nitrogens with zero attached hydrogens (tertiary/aromatic N) is 2. The summed E-state index contributed by atoms with van der Waals surface area (Å²) in [5, 5.41) is 14.0. The first-order valence-corrected chi connectivity index (χ1v) is 7.55. The van der Waals surface area contributed by atoms with Crippen LogP contribution in [0.4, 0.5) is 0 Å². The summed E-state index contributed by atoms with van der Waals surface area (Å²) in [5.74, 6) is -0.259. The molecule has 2 rings (SSSR count). The van der Waals surface area contributed by atoms with Crippen LogP contribution in [-0.4, -0.2) is 20.9 Å². The molecule has 0 saturated heterocycles. The van der Waals surface area contributed by atoms with Crippen molar-refractivity contribution in [3.05, 3.63) is 46.2 Å². The quantitative estimate of drug-likeness (QED) is 0.857. The molecule has 0 aliphatic carbocycles. The fourth-order valence-electron chi connectivity index (χ4n) is 1.85. The van der Waals surface area contributed by atoms with Crippen LogP contribution in [0.25, 0.3) is 0 Å². The number of carbonyl (C=O) groups is 1. The fourth-order valence-corrected chi connectivity index (χ4v) is 3.31. The minimum atomic E-state index is -0.917. The first kappa shape index (κ1) is 14.9. The Morgan fingerprint density at radius 2 is 2.25 bits per heavy atom. The second kappa shape index (κ2) is 6.33. The molecular weight excluding hydrogens is 296 g/mol. The van der Waals surface area contributed by atoms with E-state index in [2.05, 4.69) is 5.10 Å². The summed E-state index contributed by atoms with van der Waals surface area (Å²) < 4.78 is 1.79. The highest BCUT2D eigenvalue weighted by molar-refractivity contribution is 7.98. The van der Waals surface area contributed by atoms with Gasteiger partial charge >= 0.3 is 5.97 Å². The molecule has 0 aliphatic rings. The number of carboxylic acids is 1. The van der Waals surface area contributed by atoms with Gasteiger partial charge < -0.3 is 5.11 Å². The first-order chi connectivity index (χ1) is 9.52. The predicted octanol–water partition coefficient (Wildman–Crippen LogP) is 3.63. The molecule has 1 N–H and O–H groups in total. The third-order valence-corrected chi connectivity index (χ3v) is 4.40. The van der Waals surface area contributed by atoms with Gasteiger partial charge in [0.1, 0.15) is 0 Å². The Morgan fingerprint density at radius 3 is 2.85 bits per heavy atom. The van der Waals surface area contributed by atoms with Gasteiger partial charge in [-0.1, -0.05) is 24.6 Å². The summed E-state index contributed by atoms with van der Waals surface area (Å²) in [5.41, 5.74) is 2.14. The minimum absolute atomic E-state index is 0.292. The molecule has 0 saturated carbocycles. The van der Waals surface area contributed by atoms with Crippen molar-refractivity contribution in [1.82, 2.24) is 9.78 Å². The molecule has 0 spiro atoms. The van der Waals surface area contributed by atoms with Gasteiger partial charge in [-0.05, 0) is 24.6 Å². The number of benzene rings is 1. The average molecular weight is 311 g/mol. The van der Waals surface area contributed by atoms with Gasteiger partial charge in [-0.15, -0.1) is 11.8 Å². The van der Waals surface area contributed by atoms with Crippen molar-refractivity contribution in [2.75, 3.05) is 0 Å². The molecular formula is C14H15ClN2O2S. The smallest absolute Gasteiger partial charge is 0.335 e. The Labute approximate surface area is 126 Å². The van der Waals surface area contributed by atoms with E-state index in [0.29, 0.717) is 16.3 Å². The molecule has 1 aromatic heterocycles. The molecule has 1 heterocycles. The normalized spacial score (nSPS) is 10.8. The summed E-state index contributed by atoms with van der Waals surface area (Å²) in [6.07, 6.45) is 0.797. The summed E-state index contributed by atoms with van der Waals surface area (Å²) in [4.78, 5) is 11.8. The van der Waals surface area contributed by atoms with E-state index in [1.807, 2.05) is 20.0 Å². The van der Waals surface area contributed by atoms with Crippen LogP contribution in [0.2, 0.25) is 5.02 Å². The lowest BCUT2D eigenvalue weighted by Gasteiger charge is -2.04. The van der Waals surface area contributed by atoms with Crippen molar-refractivity contribution >= 4 is 29.3 Å². The van der Waals surface area contributed by atoms with Crippen LogP contribution < -0.4 is 0 Å². The monoisotopic (exact) mass is 310 g/mol.